The van der Waals surface area contributed by atoms with Crippen molar-refractivity contribution in [1.29, 1.82) is 0 Å². The third kappa shape index (κ3) is 4.80. The zero-order chi connectivity index (χ0) is 18.7. The summed E-state index contributed by atoms with van der Waals surface area (Å²) in [4.78, 5) is 5.52. The highest BCUT2D eigenvalue weighted by molar-refractivity contribution is 7.89. The van der Waals surface area contributed by atoms with Gasteiger partial charge in [-0.3, -0.25) is 0 Å². The average Bonchev–Trinajstić information content (AvgIpc) is 2.97. The largest absolute Gasteiger partial charge is 0.320 e. The van der Waals surface area contributed by atoms with Gasteiger partial charge in [0.25, 0.3) is 0 Å². The number of thiazole rings is 1. The van der Waals surface area contributed by atoms with Crippen LogP contribution < -0.4 is 9.52 Å². The molecule has 0 amide bonds. The van der Waals surface area contributed by atoms with E-state index >= 15 is 0 Å². The van der Waals surface area contributed by atoms with Crippen LogP contribution in [-0.2, 0) is 17.1 Å². The molecule has 2 aromatic carbocycles. The lowest BCUT2D eigenvalue weighted by molar-refractivity contribution is 0.584. The number of para-hydroxylation sites is 1. The van der Waals surface area contributed by atoms with Crippen molar-refractivity contribution in [2.45, 2.75) is 11.8 Å². The maximum atomic E-state index is 12.3. The number of halogens is 2. The van der Waals surface area contributed by atoms with E-state index in [1.54, 1.807) is 19.1 Å². The Kier molecular flexibility index (Phi) is 7.25. The lowest BCUT2D eigenvalue weighted by Crippen LogP contribution is -2.23. The van der Waals surface area contributed by atoms with Crippen molar-refractivity contribution in [3.8, 4) is 11.3 Å². The number of sulfonamides is 1. The van der Waals surface area contributed by atoms with Crippen LogP contribution >= 0.6 is 35.3 Å². The Morgan fingerprint density at radius 3 is 2.56 bits per heavy atom. The minimum Gasteiger partial charge on any atom is -0.320 e. The van der Waals surface area contributed by atoms with Gasteiger partial charge in [0.1, 0.15) is 4.90 Å². The summed E-state index contributed by atoms with van der Waals surface area (Å²) >= 11 is 7.61. The first kappa shape index (κ1) is 21.7. The molecular formula is C18H19Cl2N3O2S2. The first-order chi connectivity index (χ1) is 12.4. The predicted octanol–water partition coefficient (Wildman–Crippen LogP) is 4.36. The van der Waals surface area contributed by atoms with Gasteiger partial charge in [0.2, 0.25) is 10.0 Å². The summed E-state index contributed by atoms with van der Waals surface area (Å²) in [6.45, 7) is 2.03. The van der Waals surface area contributed by atoms with Gasteiger partial charge in [-0.1, -0.05) is 42.8 Å². The highest BCUT2D eigenvalue weighted by Crippen LogP contribution is 2.28. The Morgan fingerprint density at radius 1 is 1.19 bits per heavy atom. The van der Waals surface area contributed by atoms with Crippen molar-refractivity contribution in [3.63, 3.8) is 0 Å². The van der Waals surface area contributed by atoms with Crippen molar-refractivity contribution in [2.24, 2.45) is 12.0 Å². The number of rotatable bonds is 5. The zero-order valence-corrected chi connectivity index (χ0v) is 17.9. The summed E-state index contributed by atoms with van der Waals surface area (Å²) in [7, 11) is -1.73. The van der Waals surface area contributed by atoms with E-state index in [1.807, 2.05) is 53.4 Å². The summed E-state index contributed by atoms with van der Waals surface area (Å²) in [5, 5.41) is 2.15. The van der Waals surface area contributed by atoms with Crippen LogP contribution in [0, 0.1) is 0 Å². The molecule has 0 saturated carbocycles. The molecule has 3 rings (SSSR count). The molecule has 5 nitrogen and oxygen atoms in total. The molecule has 0 saturated heterocycles. The molecule has 9 heteroatoms. The molecule has 0 unspecified atom stereocenters. The van der Waals surface area contributed by atoms with Crippen LogP contribution in [0.25, 0.3) is 11.3 Å². The van der Waals surface area contributed by atoms with Crippen LogP contribution in [-0.4, -0.2) is 19.5 Å². The van der Waals surface area contributed by atoms with Crippen molar-refractivity contribution < 1.29 is 8.42 Å². The number of benzene rings is 2. The third-order valence-corrected chi connectivity index (χ3v) is 6.70. The maximum absolute atomic E-state index is 12.3. The number of hydrogen-bond donors (Lipinski definition) is 1. The molecule has 1 N–H and O–H groups in total. The molecule has 0 aliphatic carbocycles. The molecule has 3 aromatic rings. The molecule has 0 atom stereocenters. The topological polar surface area (TPSA) is 63.5 Å². The fourth-order valence-corrected chi connectivity index (χ4v) is 4.97. The predicted molar refractivity (Wildman–Crippen MR) is 114 cm³/mol. The van der Waals surface area contributed by atoms with Crippen LogP contribution in [0.15, 0.2) is 63.8 Å². The summed E-state index contributed by atoms with van der Waals surface area (Å²) < 4.78 is 29.1. The van der Waals surface area contributed by atoms with E-state index in [0.29, 0.717) is 6.54 Å². The van der Waals surface area contributed by atoms with Crippen LogP contribution in [0.3, 0.4) is 0 Å². The highest BCUT2D eigenvalue weighted by Gasteiger charge is 2.18. The van der Waals surface area contributed by atoms with E-state index in [1.165, 1.54) is 11.3 Å². The Labute approximate surface area is 173 Å². The monoisotopic (exact) mass is 443 g/mol. The smallest absolute Gasteiger partial charge is 0.242 e. The molecule has 27 heavy (non-hydrogen) atoms. The Morgan fingerprint density at radius 2 is 1.89 bits per heavy atom. The van der Waals surface area contributed by atoms with Crippen molar-refractivity contribution in [3.05, 3.63) is 63.7 Å². The minimum absolute atomic E-state index is 0. The van der Waals surface area contributed by atoms with Crippen molar-refractivity contribution in [1.82, 2.24) is 9.29 Å². The van der Waals surface area contributed by atoms with Gasteiger partial charge in [-0.2, -0.15) is 0 Å². The van der Waals surface area contributed by atoms with Gasteiger partial charge in [-0.25, -0.2) is 18.1 Å². The SMILES string of the molecule is CCNS(=O)(=O)c1cc(-c2csc(=Nc3ccccc3)n2C)ccc1Cl.Cl. The zero-order valence-electron chi connectivity index (χ0n) is 14.7. The second kappa shape index (κ2) is 9.03. The van der Waals surface area contributed by atoms with Gasteiger partial charge in [0.15, 0.2) is 4.80 Å². The van der Waals surface area contributed by atoms with Crippen LogP contribution in [0.5, 0.6) is 0 Å². The number of aromatic nitrogens is 1. The fraction of sp³-hybridized carbons (Fsp3) is 0.167. The second-order valence-corrected chi connectivity index (χ2v) is 8.54. The Balaban J connectivity index is 0.00000261. The van der Waals surface area contributed by atoms with Crippen LogP contribution in [0.2, 0.25) is 5.02 Å². The maximum Gasteiger partial charge on any atom is 0.242 e. The molecule has 0 bridgehead atoms. The standard InChI is InChI=1S/C18H18ClN3O2S2.ClH/c1-3-20-26(23,24)17-11-13(9-10-15(17)19)16-12-25-18(22(16)2)21-14-7-5-4-6-8-14;/h4-12,20H,3H2,1-2H3;1H. The van der Waals surface area contributed by atoms with Crippen molar-refractivity contribution in [2.75, 3.05) is 6.54 Å². The Bertz CT molecular complexity index is 1090. The lowest BCUT2D eigenvalue weighted by Gasteiger charge is -2.09. The quantitative estimate of drug-likeness (QED) is 0.636. The number of nitrogens with zero attached hydrogens (tertiary/aromatic N) is 2. The van der Waals surface area contributed by atoms with Gasteiger partial charge in [-0.05, 0) is 24.3 Å². The summed E-state index contributed by atoms with van der Waals surface area (Å²) in [6, 6.07) is 14.7. The summed E-state index contributed by atoms with van der Waals surface area (Å²) in [5.41, 5.74) is 2.50. The molecule has 1 heterocycles. The van der Waals surface area contributed by atoms with E-state index in [2.05, 4.69) is 9.71 Å². The minimum atomic E-state index is -3.64. The molecule has 144 valence electrons. The molecule has 0 aliphatic heterocycles. The van der Waals surface area contributed by atoms with E-state index in [0.717, 1.165) is 21.7 Å². The first-order valence-electron chi connectivity index (χ1n) is 7.96. The molecule has 1 aromatic heterocycles. The number of hydrogen-bond acceptors (Lipinski definition) is 4. The lowest BCUT2D eigenvalue weighted by atomic mass is 10.2. The van der Waals surface area contributed by atoms with E-state index < -0.39 is 10.0 Å². The second-order valence-electron chi connectivity index (χ2n) is 5.56. The Hall–Kier alpha value is -1.64. The molecule has 0 radical (unpaired) electrons. The fourth-order valence-electron chi connectivity index (χ4n) is 2.48. The van der Waals surface area contributed by atoms with E-state index in [-0.39, 0.29) is 22.3 Å². The average molecular weight is 444 g/mol. The van der Waals surface area contributed by atoms with Gasteiger partial charge < -0.3 is 4.57 Å². The molecule has 0 aliphatic rings. The molecule has 0 fully saturated rings. The van der Waals surface area contributed by atoms with Crippen LogP contribution in [0.1, 0.15) is 6.92 Å². The highest BCUT2D eigenvalue weighted by atomic mass is 35.5. The van der Waals surface area contributed by atoms with Gasteiger partial charge in [0.05, 0.1) is 16.4 Å². The summed E-state index contributed by atoms with van der Waals surface area (Å²) in [6.07, 6.45) is 0. The van der Waals surface area contributed by atoms with E-state index in [4.69, 9.17) is 11.6 Å². The molecule has 0 spiro atoms. The first-order valence-corrected chi connectivity index (χ1v) is 10.7. The summed E-state index contributed by atoms with van der Waals surface area (Å²) in [5.74, 6) is 0. The van der Waals surface area contributed by atoms with Crippen LogP contribution in [0.4, 0.5) is 5.69 Å². The van der Waals surface area contributed by atoms with Gasteiger partial charge in [0, 0.05) is 24.5 Å². The molecular weight excluding hydrogens is 425 g/mol. The normalized spacial score (nSPS) is 12.0. The van der Waals surface area contributed by atoms with E-state index in [9.17, 15) is 8.42 Å². The van der Waals surface area contributed by atoms with Gasteiger partial charge >= 0.3 is 0 Å². The van der Waals surface area contributed by atoms with Gasteiger partial charge in [-0.15, -0.1) is 23.7 Å². The van der Waals surface area contributed by atoms with Crippen molar-refractivity contribution >= 4 is 51.1 Å². The third-order valence-electron chi connectivity index (χ3n) is 3.76. The number of nitrogens with one attached hydrogen (secondary N) is 1.